The molecule has 0 unspecified atom stereocenters. The minimum absolute atomic E-state index is 0.196. The van der Waals surface area contributed by atoms with Crippen LogP contribution in [0.15, 0.2) is 43.0 Å². The van der Waals surface area contributed by atoms with E-state index in [1.807, 2.05) is 22.7 Å². The Morgan fingerprint density at radius 1 is 1.26 bits per heavy atom. The zero-order valence-electron chi connectivity index (χ0n) is 12.8. The van der Waals surface area contributed by atoms with Crippen molar-refractivity contribution in [1.82, 2.24) is 24.5 Å². The van der Waals surface area contributed by atoms with Gasteiger partial charge in [-0.15, -0.1) is 10.2 Å². The van der Waals surface area contributed by atoms with Crippen LogP contribution in [0.4, 0.5) is 10.2 Å². The molecule has 0 aliphatic carbocycles. The maximum absolute atomic E-state index is 13.0. The number of aromatic nitrogens is 4. The first-order chi connectivity index (χ1) is 11.2. The Balaban J connectivity index is 1.41. The van der Waals surface area contributed by atoms with Crippen LogP contribution in [-0.4, -0.2) is 50.7 Å². The van der Waals surface area contributed by atoms with Gasteiger partial charge in [0.05, 0.1) is 0 Å². The molecule has 1 aliphatic heterocycles. The summed E-state index contributed by atoms with van der Waals surface area (Å²) in [5.74, 6) is 0.676. The Kier molecular flexibility index (Phi) is 3.42. The summed E-state index contributed by atoms with van der Waals surface area (Å²) < 4.78 is 14.8. The Morgan fingerprint density at radius 2 is 2.04 bits per heavy atom. The molecule has 0 radical (unpaired) electrons. The van der Waals surface area contributed by atoms with Crippen LogP contribution in [0.3, 0.4) is 0 Å². The molecular weight excluding hydrogens is 295 g/mol. The lowest BCUT2D eigenvalue weighted by Crippen LogP contribution is -2.58. The summed E-state index contributed by atoms with van der Waals surface area (Å²) in [5.41, 5.74) is 1.90. The van der Waals surface area contributed by atoms with E-state index in [0.717, 1.165) is 36.7 Å². The van der Waals surface area contributed by atoms with Crippen LogP contribution >= 0.6 is 0 Å². The lowest BCUT2D eigenvalue weighted by molar-refractivity contribution is 0.197. The highest BCUT2D eigenvalue weighted by atomic mass is 19.1. The van der Waals surface area contributed by atoms with Gasteiger partial charge < -0.3 is 4.90 Å². The third-order valence-electron chi connectivity index (χ3n) is 4.33. The summed E-state index contributed by atoms with van der Waals surface area (Å²) in [7, 11) is 2.09. The van der Waals surface area contributed by atoms with Gasteiger partial charge in [0, 0.05) is 38.1 Å². The summed E-state index contributed by atoms with van der Waals surface area (Å²) in [4.78, 5) is 8.92. The van der Waals surface area contributed by atoms with Crippen LogP contribution in [0.2, 0.25) is 0 Å². The molecule has 1 saturated heterocycles. The highest BCUT2D eigenvalue weighted by Crippen LogP contribution is 2.24. The molecule has 4 rings (SSSR count). The van der Waals surface area contributed by atoms with Crippen LogP contribution < -0.4 is 4.90 Å². The molecule has 23 heavy (non-hydrogen) atoms. The predicted octanol–water partition coefficient (Wildman–Crippen LogP) is 1.58. The van der Waals surface area contributed by atoms with Gasteiger partial charge in [0.25, 0.3) is 0 Å². The maximum Gasteiger partial charge on any atom is 0.203 e. The van der Waals surface area contributed by atoms with Crippen molar-refractivity contribution in [2.24, 2.45) is 0 Å². The molecular formula is C16H17FN6. The van der Waals surface area contributed by atoms with Crippen molar-refractivity contribution in [1.29, 1.82) is 0 Å². The Labute approximate surface area is 133 Å². The van der Waals surface area contributed by atoms with Gasteiger partial charge in [-0.25, -0.2) is 9.37 Å². The first kappa shape index (κ1) is 14.1. The second kappa shape index (κ2) is 5.58. The van der Waals surface area contributed by atoms with Gasteiger partial charge in [-0.05, 0) is 24.7 Å². The molecule has 0 saturated carbocycles. The summed E-state index contributed by atoms with van der Waals surface area (Å²) in [6.07, 6.45) is 5.29. The monoisotopic (exact) mass is 312 g/mol. The van der Waals surface area contributed by atoms with E-state index in [9.17, 15) is 4.39 Å². The second-order valence-electron chi connectivity index (χ2n) is 5.91. The van der Waals surface area contributed by atoms with Gasteiger partial charge in [0.15, 0.2) is 5.82 Å². The molecule has 1 fully saturated rings. The zero-order chi connectivity index (χ0) is 15.8. The van der Waals surface area contributed by atoms with Crippen molar-refractivity contribution < 1.29 is 4.39 Å². The molecule has 0 amide bonds. The number of likely N-dealkylation sites (N-methyl/N-ethyl adjacent to an activating group) is 1. The van der Waals surface area contributed by atoms with Crippen molar-refractivity contribution in [3.05, 3.63) is 54.4 Å². The molecule has 6 nitrogen and oxygen atoms in total. The Morgan fingerprint density at radius 3 is 2.83 bits per heavy atom. The highest BCUT2D eigenvalue weighted by Gasteiger charge is 2.32. The van der Waals surface area contributed by atoms with E-state index in [2.05, 4.69) is 32.0 Å². The summed E-state index contributed by atoms with van der Waals surface area (Å²) in [6.45, 7) is 2.61. The highest BCUT2D eigenvalue weighted by molar-refractivity contribution is 5.64. The van der Waals surface area contributed by atoms with Gasteiger partial charge in [0.1, 0.15) is 12.1 Å². The number of hydrogen-bond donors (Lipinski definition) is 0. The van der Waals surface area contributed by atoms with E-state index in [1.54, 1.807) is 12.5 Å². The third-order valence-corrected chi connectivity index (χ3v) is 4.33. The van der Waals surface area contributed by atoms with Crippen molar-refractivity contribution in [3.8, 4) is 0 Å². The predicted molar refractivity (Wildman–Crippen MR) is 84.7 cm³/mol. The van der Waals surface area contributed by atoms with Crippen LogP contribution in [0.1, 0.15) is 5.56 Å². The second-order valence-corrected chi connectivity index (χ2v) is 5.91. The van der Waals surface area contributed by atoms with Crippen LogP contribution in [-0.2, 0) is 6.54 Å². The summed E-state index contributed by atoms with van der Waals surface area (Å²) in [6, 6.07) is 7.13. The van der Waals surface area contributed by atoms with Gasteiger partial charge in [0.2, 0.25) is 5.65 Å². The average molecular weight is 312 g/mol. The Hall–Kier alpha value is -2.54. The topological polar surface area (TPSA) is 49.6 Å². The van der Waals surface area contributed by atoms with Crippen molar-refractivity contribution >= 4 is 11.5 Å². The third kappa shape index (κ3) is 2.63. The van der Waals surface area contributed by atoms with Crippen LogP contribution in [0, 0.1) is 5.82 Å². The fraction of sp³-hybridized carbons (Fsp3) is 0.312. The number of rotatable bonds is 4. The number of anilines is 1. The normalized spacial score (nSPS) is 15.3. The molecule has 1 aliphatic rings. The van der Waals surface area contributed by atoms with Gasteiger partial charge >= 0.3 is 0 Å². The van der Waals surface area contributed by atoms with Crippen LogP contribution in [0.25, 0.3) is 5.65 Å². The molecule has 3 heterocycles. The smallest absolute Gasteiger partial charge is 0.203 e. The molecule has 0 atom stereocenters. The molecule has 3 aromatic rings. The number of halogens is 1. The van der Waals surface area contributed by atoms with Gasteiger partial charge in [-0.3, -0.25) is 9.30 Å². The molecule has 0 N–H and O–H groups in total. The number of nitrogens with zero attached hydrogens (tertiary/aromatic N) is 6. The fourth-order valence-corrected chi connectivity index (χ4v) is 2.88. The van der Waals surface area contributed by atoms with E-state index in [-0.39, 0.29) is 5.82 Å². The zero-order valence-corrected chi connectivity index (χ0v) is 12.8. The standard InChI is InChI=1S/C16H17FN6/c1-21(8-12-2-4-13(17)5-3-12)14-9-23(10-14)15-16-20-19-11-22(16)7-6-18-15/h2-7,11,14H,8-10H2,1H3. The fourth-order valence-electron chi connectivity index (χ4n) is 2.88. The molecule has 118 valence electrons. The van der Waals surface area contributed by atoms with E-state index in [0.29, 0.717) is 6.04 Å². The molecule has 7 heteroatoms. The average Bonchev–Trinajstić information content (AvgIpc) is 2.97. The first-order valence-corrected chi connectivity index (χ1v) is 7.55. The van der Waals surface area contributed by atoms with Crippen molar-refractivity contribution in [2.45, 2.75) is 12.6 Å². The molecule has 0 spiro atoms. The molecule has 2 aromatic heterocycles. The largest absolute Gasteiger partial charge is 0.350 e. The number of benzene rings is 1. The van der Waals surface area contributed by atoms with Gasteiger partial charge in [-0.1, -0.05) is 12.1 Å². The summed E-state index contributed by atoms with van der Waals surface area (Å²) in [5, 5.41) is 8.05. The number of hydrogen-bond acceptors (Lipinski definition) is 5. The molecule has 1 aromatic carbocycles. The lowest BCUT2D eigenvalue weighted by atomic mass is 10.1. The van der Waals surface area contributed by atoms with Crippen molar-refractivity contribution in [2.75, 3.05) is 25.0 Å². The lowest BCUT2D eigenvalue weighted by Gasteiger charge is -2.44. The Bertz CT molecular complexity index is 809. The first-order valence-electron chi connectivity index (χ1n) is 7.55. The van der Waals surface area contributed by atoms with E-state index < -0.39 is 0 Å². The summed E-state index contributed by atoms with van der Waals surface area (Å²) >= 11 is 0. The van der Waals surface area contributed by atoms with E-state index in [1.165, 1.54) is 12.1 Å². The quantitative estimate of drug-likeness (QED) is 0.732. The minimum Gasteiger partial charge on any atom is -0.350 e. The van der Waals surface area contributed by atoms with Crippen molar-refractivity contribution in [3.63, 3.8) is 0 Å². The SMILES string of the molecule is CN(Cc1ccc(F)cc1)C1CN(c2nccn3cnnc23)C1. The van der Waals surface area contributed by atoms with Gasteiger partial charge in [-0.2, -0.15) is 0 Å². The minimum atomic E-state index is -0.196. The van der Waals surface area contributed by atoms with E-state index in [4.69, 9.17) is 0 Å². The van der Waals surface area contributed by atoms with E-state index >= 15 is 0 Å². The molecule has 0 bridgehead atoms. The number of fused-ring (bicyclic) bond motifs is 1. The maximum atomic E-state index is 13.0. The van der Waals surface area contributed by atoms with Crippen LogP contribution in [0.5, 0.6) is 0 Å².